The minimum absolute atomic E-state index is 0.589. The summed E-state index contributed by atoms with van der Waals surface area (Å²) in [5.41, 5.74) is 5.16. The Morgan fingerprint density at radius 1 is 0.389 bits per heavy atom. The maximum atomic E-state index is 5.40. The van der Waals surface area contributed by atoms with Crippen molar-refractivity contribution in [3.63, 3.8) is 0 Å². The number of fused-ring (bicyclic) bond motifs is 5. The van der Waals surface area contributed by atoms with Gasteiger partial charge in [0.25, 0.3) is 0 Å². The first-order chi connectivity index (χ1) is 26.0. The fraction of sp³-hybridized carbons (Fsp3) is 0.191. The van der Waals surface area contributed by atoms with E-state index >= 15 is 0 Å². The van der Waals surface area contributed by atoms with Crippen molar-refractivity contribution in [1.29, 1.82) is 0 Å². The second-order valence-electron chi connectivity index (χ2n) is 15.9. The van der Waals surface area contributed by atoms with Crippen LogP contribution in [0.5, 0.6) is 0 Å². The summed E-state index contributed by atoms with van der Waals surface area (Å²) in [6, 6.07) is 45.0. The van der Waals surface area contributed by atoms with E-state index in [9.17, 15) is 0 Å². The molecule has 0 radical (unpaired) electrons. The first-order valence-electron chi connectivity index (χ1n) is 18.6. The second-order valence-corrected chi connectivity index (χ2v) is 15.9. The van der Waals surface area contributed by atoms with Crippen molar-refractivity contribution in [2.24, 2.45) is 30.0 Å². The van der Waals surface area contributed by atoms with Crippen LogP contribution in [0, 0.1) is 0 Å². The Balaban J connectivity index is 1.32. The van der Waals surface area contributed by atoms with E-state index in [0.29, 0.717) is 0 Å². The topological polar surface area (TPSA) is 77.4 Å². The molecule has 0 spiro atoms. The van der Waals surface area contributed by atoms with E-state index in [0.717, 1.165) is 71.5 Å². The molecule has 7 nitrogen and oxygen atoms in total. The highest BCUT2D eigenvalue weighted by atomic mass is 15.2. The largest absolute Gasteiger partial charge is 0.304 e. The normalized spacial score (nSPS) is 16.6. The molecule has 7 heteroatoms. The van der Waals surface area contributed by atoms with Gasteiger partial charge in [-0.15, -0.1) is 0 Å². The average Bonchev–Trinajstić information content (AvgIpc) is 3.78. The van der Waals surface area contributed by atoms with Crippen LogP contribution in [0.4, 0.5) is 17.1 Å². The lowest BCUT2D eigenvalue weighted by molar-refractivity contribution is 0.549. The van der Waals surface area contributed by atoms with Crippen molar-refractivity contribution in [3.05, 3.63) is 160 Å². The van der Waals surface area contributed by atoms with Crippen LogP contribution in [0.2, 0.25) is 0 Å². The standard InChI is InChI=1S/C47H39N7/c1-45(2)48-35-21-14-22-36(42(35)51-45)54(37-25-23-33(28-15-8-7-9-16-28)40-43(37)52-46(3,4)49-40)38-26-24-34(41-44(38)53-47(5,6)50-41)39-31-19-12-10-17-29(31)27-30-18-11-13-20-32(30)39/h7-27H,1-6H3. The van der Waals surface area contributed by atoms with E-state index in [-0.39, 0.29) is 0 Å². The molecule has 0 atom stereocenters. The van der Waals surface area contributed by atoms with E-state index < -0.39 is 17.0 Å². The van der Waals surface area contributed by atoms with E-state index in [1.807, 2.05) is 26.0 Å². The fourth-order valence-corrected chi connectivity index (χ4v) is 8.33. The highest BCUT2D eigenvalue weighted by molar-refractivity contribution is 6.12. The maximum absolute atomic E-state index is 5.40. The van der Waals surface area contributed by atoms with Crippen LogP contribution in [-0.4, -0.2) is 17.0 Å². The zero-order valence-electron chi connectivity index (χ0n) is 31.3. The van der Waals surface area contributed by atoms with E-state index in [2.05, 4.69) is 148 Å². The van der Waals surface area contributed by atoms with E-state index in [4.69, 9.17) is 30.0 Å². The Morgan fingerprint density at radius 3 is 1.50 bits per heavy atom. The van der Waals surface area contributed by atoms with Gasteiger partial charge < -0.3 is 4.90 Å². The number of benzene rings is 7. The predicted molar refractivity (Wildman–Crippen MR) is 216 cm³/mol. The quantitative estimate of drug-likeness (QED) is 0.169. The molecule has 10 rings (SSSR count). The third-order valence-corrected chi connectivity index (χ3v) is 10.4. The number of rotatable bonds is 5. The molecule has 0 saturated heterocycles. The zero-order chi connectivity index (χ0) is 37.0. The first kappa shape index (κ1) is 32.3. The smallest absolute Gasteiger partial charge is 0.146 e. The number of hydrogen-bond acceptors (Lipinski definition) is 7. The molecule has 7 aromatic carbocycles. The zero-order valence-corrected chi connectivity index (χ0v) is 31.3. The van der Waals surface area contributed by atoms with Gasteiger partial charge in [-0.2, -0.15) is 0 Å². The lowest BCUT2D eigenvalue weighted by atomic mass is 9.91. The molecule has 0 aromatic heterocycles. The van der Waals surface area contributed by atoms with Gasteiger partial charge in [0, 0.05) is 11.1 Å². The van der Waals surface area contributed by atoms with Crippen molar-refractivity contribution in [3.8, 4) is 22.3 Å². The van der Waals surface area contributed by atoms with Gasteiger partial charge in [0.15, 0.2) is 0 Å². The molecule has 0 aliphatic carbocycles. The van der Waals surface area contributed by atoms with Gasteiger partial charge in [0.05, 0.1) is 33.1 Å². The van der Waals surface area contributed by atoms with Crippen LogP contribution in [0.3, 0.4) is 0 Å². The molecular weight excluding hydrogens is 663 g/mol. The van der Waals surface area contributed by atoms with Gasteiger partial charge in [-0.1, -0.05) is 84.9 Å². The Labute approximate surface area is 312 Å². The number of para-hydroxylation sites is 1. The minimum atomic E-state index is -0.680. The van der Waals surface area contributed by atoms with Crippen LogP contribution in [-0.2, 0) is 0 Å². The summed E-state index contributed by atoms with van der Waals surface area (Å²) in [6.45, 7) is 12.4. The Morgan fingerprint density at radius 2 is 0.870 bits per heavy atom. The summed E-state index contributed by atoms with van der Waals surface area (Å²) in [6.07, 6.45) is 0. The Hall–Kier alpha value is -6.34. The van der Waals surface area contributed by atoms with Gasteiger partial charge in [-0.05, 0) is 117 Å². The Kier molecular flexibility index (Phi) is 6.78. The molecule has 0 amide bonds. The molecule has 262 valence electrons. The van der Waals surface area contributed by atoms with Crippen molar-refractivity contribution < 1.29 is 0 Å². The SMILES string of the molecule is CC1(C)N=c2cccc(N(c3ccc(-c4ccccc4)c4c3=NC(C)(C)N=4)c3ccc(-c4c5ccccc5cc5ccccc45)c4c3=NC(C)(C)N=4)c2=N1. The average molecular weight is 702 g/mol. The van der Waals surface area contributed by atoms with E-state index in [1.165, 1.54) is 21.5 Å². The third-order valence-electron chi connectivity index (χ3n) is 10.4. The molecular formula is C47H39N7. The summed E-state index contributed by atoms with van der Waals surface area (Å²) in [5, 5.41) is 9.86. The van der Waals surface area contributed by atoms with Gasteiger partial charge >= 0.3 is 0 Å². The van der Waals surface area contributed by atoms with Crippen LogP contribution in [0.25, 0.3) is 43.8 Å². The van der Waals surface area contributed by atoms with Crippen LogP contribution in [0.15, 0.2) is 157 Å². The molecule has 0 saturated carbocycles. The lowest BCUT2D eigenvalue weighted by Crippen LogP contribution is -2.38. The van der Waals surface area contributed by atoms with Gasteiger partial charge in [0.2, 0.25) is 0 Å². The summed E-state index contributed by atoms with van der Waals surface area (Å²) in [7, 11) is 0. The Bertz CT molecular complexity index is 3090. The lowest BCUT2D eigenvalue weighted by Gasteiger charge is -2.26. The molecule has 0 unspecified atom stereocenters. The fourth-order valence-electron chi connectivity index (χ4n) is 8.33. The molecule has 0 N–H and O–H groups in total. The molecule has 3 heterocycles. The summed E-state index contributed by atoms with van der Waals surface area (Å²) < 4.78 is 0. The molecule has 3 aliphatic rings. The van der Waals surface area contributed by atoms with Crippen molar-refractivity contribution >= 4 is 38.6 Å². The number of hydrogen-bond donors (Lipinski definition) is 0. The second kappa shape index (κ2) is 11.3. The van der Waals surface area contributed by atoms with Gasteiger partial charge in [-0.25, -0.2) is 0 Å². The molecule has 0 bridgehead atoms. The highest BCUT2D eigenvalue weighted by Gasteiger charge is 2.31. The van der Waals surface area contributed by atoms with Crippen molar-refractivity contribution in [2.45, 2.75) is 58.5 Å². The van der Waals surface area contributed by atoms with Crippen molar-refractivity contribution in [1.82, 2.24) is 0 Å². The molecule has 54 heavy (non-hydrogen) atoms. The first-order valence-corrected chi connectivity index (χ1v) is 18.6. The third kappa shape index (κ3) is 5.10. The maximum Gasteiger partial charge on any atom is 0.146 e. The van der Waals surface area contributed by atoms with Crippen LogP contribution >= 0.6 is 0 Å². The molecule has 3 aliphatic heterocycles. The predicted octanol–water partition coefficient (Wildman–Crippen LogP) is 7.76. The van der Waals surface area contributed by atoms with Gasteiger partial charge in [0.1, 0.15) is 33.1 Å². The monoisotopic (exact) mass is 701 g/mol. The minimum Gasteiger partial charge on any atom is -0.304 e. The summed E-state index contributed by atoms with van der Waals surface area (Å²) in [4.78, 5) is 33.7. The van der Waals surface area contributed by atoms with Crippen LogP contribution < -0.4 is 37.0 Å². The van der Waals surface area contributed by atoms with E-state index in [1.54, 1.807) is 0 Å². The summed E-state index contributed by atoms with van der Waals surface area (Å²) in [5.74, 6) is 0. The van der Waals surface area contributed by atoms with Crippen molar-refractivity contribution in [2.75, 3.05) is 4.90 Å². The molecule has 0 fully saturated rings. The van der Waals surface area contributed by atoms with Gasteiger partial charge in [-0.3, -0.25) is 30.0 Å². The highest BCUT2D eigenvalue weighted by Crippen LogP contribution is 2.37. The molecule has 7 aromatic rings. The number of anilines is 3. The van der Waals surface area contributed by atoms with Crippen LogP contribution in [0.1, 0.15) is 41.5 Å². The number of nitrogens with zero attached hydrogens (tertiary/aromatic N) is 7. The summed E-state index contributed by atoms with van der Waals surface area (Å²) >= 11 is 0.